The van der Waals surface area contributed by atoms with Gasteiger partial charge in [0, 0.05) is 0 Å². The van der Waals surface area contributed by atoms with E-state index in [0.29, 0.717) is 6.20 Å². The first-order chi connectivity index (χ1) is 8.30. The highest BCUT2D eigenvalue weighted by Gasteiger charge is 2.35. The molecule has 1 heterocycles. The monoisotopic (exact) mass is 286 g/mol. The average Bonchev–Trinajstić information content (AvgIpc) is 2.26. The number of pyridine rings is 1. The van der Waals surface area contributed by atoms with E-state index in [4.69, 9.17) is 11.6 Å². The van der Waals surface area contributed by atoms with Crippen molar-refractivity contribution in [2.75, 3.05) is 7.11 Å². The Kier molecular flexibility index (Phi) is 4.17. The average molecular weight is 287 g/mol. The van der Waals surface area contributed by atoms with E-state index in [-0.39, 0.29) is 0 Å². The van der Waals surface area contributed by atoms with Gasteiger partial charge in [0.2, 0.25) is 0 Å². The van der Waals surface area contributed by atoms with Crippen molar-refractivity contribution in [2.45, 2.75) is 12.2 Å². The van der Waals surface area contributed by atoms with Crippen molar-refractivity contribution in [2.24, 2.45) is 0 Å². The summed E-state index contributed by atoms with van der Waals surface area (Å²) in [7, 11) is 1.09. The molecule has 0 saturated carbocycles. The summed E-state index contributed by atoms with van der Waals surface area (Å²) in [6.45, 7) is 0. The molecule has 0 aromatic carbocycles. The maximum atomic E-state index is 12.1. The predicted octanol–water partition coefficient (Wildman–Crippen LogP) is 2.64. The van der Waals surface area contributed by atoms with E-state index in [0.717, 1.165) is 7.11 Å². The van der Waals surface area contributed by atoms with Crippen molar-refractivity contribution in [3.8, 4) is 11.6 Å². The second-order valence-corrected chi connectivity index (χ2v) is 3.16. The van der Waals surface area contributed by atoms with Crippen LogP contribution in [0.1, 0.15) is 5.56 Å². The van der Waals surface area contributed by atoms with Gasteiger partial charge in [0.25, 0.3) is 5.88 Å². The normalized spacial score (nSPS) is 11.2. The summed E-state index contributed by atoms with van der Waals surface area (Å²) in [5.41, 5.74) is -1.21. The molecule has 0 spiro atoms. The van der Waals surface area contributed by atoms with E-state index in [1.807, 2.05) is 0 Å². The molecular weight excluding hydrogens is 281 g/mol. The van der Waals surface area contributed by atoms with E-state index in [9.17, 15) is 23.3 Å². The number of methoxy groups -OCH3 is 1. The van der Waals surface area contributed by atoms with Gasteiger partial charge in [0.05, 0.1) is 29.7 Å². The molecular formula is C8H6ClF3N2O4. The van der Waals surface area contributed by atoms with Crippen LogP contribution in [0.3, 0.4) is 0 Å². The van der Waals surface area contributed by atoms with Crippen LogP contribution in [0.5, 0.6) is 11.6 Å². The van der Waals surface area contributed by atoms with Crippen LogP contribution in [-0.4, -0.2) is 23.4 Å². The molecule has 0 bridgehead atoms. The molecule has 0 atom stereocenters. The Morgan fingerprint density at radius 1 is 1.56 bits per heavy atom. The van der Waals surface area contributed by atoms with Gasteiger partial charge < -0.3 is 9.47 Å². The highest BCUT2D eigenvalue weighted by atomic mass is 35.5. The molecule has 18 heavy (non-hydrogen) atoms. The van der Waals surface area contributed by atoms with E-state index < -0.39 is 40.0 Å². The largest absolute Gasteiger partial charge is 0.573 e. The van der Waals surface area contributed by atoms with Gasteiger partial charge in [0.15, 0.2) is 5.75 Å². The molecule has 0 aliphatic rings. The summed E-state index contributed by atoms with van der Waals surface area (Å²) in [4.78, 5) is 13.2. The molecule has 100 valence electrons. The molecule has 0 amide bonds. The zero-order chi connectivity index (χ0) is 13.9. The van der Waals surface area contributed by atoms with Crippen molar-refractivity contribution < 1.29 is 27.6 Å². The predicted molar refractivity (Wildman–Crippen MR) is 53.7 cm³/mol. The van der Waals surface area contributed by atoms with Crippen LogP contribution in [0, 0.1) is 10.1 Å². The summed E-state index contributed by atoms with van der Waals surface area (Å²) >= 11 is 5.40. The van der Waals surface area contributed by atoms with Gasteiger partial charge in [-0.15, -0.1) is 24.8 Å². The maximum absolute atomic E-state index is 12.1. The number of aromatic nitrogens is 1. The summed E-state index contributed by atoms with van der Waals surface area (Å²) in [5.74, 6) is -1.82. The fourth-order valence-electron chi connectivity index (χ4n) is 1.18. The number of hydrogen-bond donors (Lipinski definition) is 0. The van der Waals surface area contributed by atoms with E-state index in [1.165, 1.54) is 0 Å². The topological polar surface area (TPSA) is 74.5 Å². The molecule has 1 aromatic heterocycles. The fraction of sp³-hybridized carbons (Fsp3) is 0.375. The fourth-order valence-corrected chi connectivity index (χ4v) is 1.44. The van der Waals surface area contributed by atoms with Crippen LogP contribution in [0.4, 0.5) is 18.9 Å². The molecule has 0 aliphatic carbocycles. The van der Waals surface area contributed by atoms with Gasteiger partial charge in [-0.3, -0.25) is 10.1 Å². The van der Waals surface area contributed by atoms with Gasteiger partial charge in [-0.1, -0.05) is 0 Å². The van der Waals surface area contributed by atoms with Crippen LogP contribution in [0.2, 0.25) is 0 Å². The van der Waals surface area contributed by atoms with Crippen LogP contribution in [0.15, 0.2) is 6.20 Å². The third kappa shape index (κ3) is 3.13. The zero-order valence-corrected chi connectivity index (χ0v) is 9.58. The van der Waals surface area contributed by atoms with Crippen molar-refractivity contribution in [1.29, 1.82) is 0 Å². The Morgan fingerprint density at radius 2 is 2.17 bits per heavy atom. The van der Waals surface area contributed by atoms with Crippen LogP contribution in [0.25, 0.3) is 0 Å². The van der Waals surface area contributed by atoms with E-state index in [1.54, 1.807) is 0 Å². The summed E-state index contributed by atoms with van der Waals surface area (Å²) in [6, 6.07) is 0. The third-order valence-corrected chi connectivity index (χ3v) is 2.09. The van der Waals surface area contributed by atoms with Crippen LogP contribution < -0.4 is 9.47 Å². The molecule has 0 aliphatic heterocycles. The highest BCUT2D eigenvalue weighted by molar-refractivity contribution is 6.17. The number of ether oxygens (including phenoxy) is 2. The van der Waals surface area contributed by atoms with Crippen molar-refractivity contribution in [3.05, 3.63) is 21.9 Å². The number of alkyl halides is 4. The van der Waals surface area contributed by atoms with Crippen molar-refractivity contribution in [1.82, 2.24) is 4.98 Å². The smallest absolute Gasteiger partial charge is 0.476 e. The Bertz CT molecular complexity index is 466. The quantitative estimate of drug-likeness (QED) is 0.483. The molecule has 0 radical (unpaired) electrons. The lowest BCUT2D eigenvalue weighted by molar-refractivity contribution is -0.387. The maximum Gasteiger partial charge on any atom is 0.573 e. The minimum Gasteiger partial charge on any atom is -0.476 e. The standard InChI is InChI=1S/C8H6ClF3N2O4/c1-17-7-6(14(15)16)4(2-9)5(3-13-7)18-8(10,11)12/h3H,2H2,1H3. The lowest BCUT2D eigenvalue weighted by Gasteiger charge is -2.12. The first kappa shape index (κ1) is 14.3. The minimum absolute atomic E-state index is 0.440. The zero-order valence-electron chi connectivity index (χ0n) is 8.82. The first-order valence-electron chi connectivity index (χ1n) is 4.32. The molecule has 6 nitrogen and oxygen atoms in total. The Morgan fingerprint density at radius 3 is 2.56 bits per heavy atom. The highest BCUT2D eigenvalue weighted by Crippen LogP contribution is 2.37. The van der Waals surface area contributed by atoms with Gasteiger partial charge in [0.1, 0.15) is 0 Å². The number of hydrogen-bond acceptors (Lipinski definition) is 5. The molecule has 0 saturated heterocycles. The van der Waals surface area contributed by atoms with Crippen LogP contribution in [-0.2, 0) is 5.88 Å². The Balaban J connectivity index is 3.38. The minimum atomic E-state index is -5.00. The van der Waals surface area contributed by atoms with E-state index in [2.05, 4.69) is 14.5 Å². The Labute approximate surface area is 103 Å². The second kappa shape index (κ2) is 5.25. The molecule has 0 unspecified atom stereocenters. The van der Waals surface area contributed by atoms with Crippen molar-refractivity contribution in [3.63, 3.8) is 0 Å². The SMILES string of the molecule is COc1ncc(OC(F)(F)F)c(CCl)c1[N+](=O)[O-]. The van der Waals surface area contributed by atoms with Crippen LogP contribution >= 0.6 is 11.6 Å². The van der Waals surface area contributed by atoms with Gasteiger partial charge in [-0.05, 0) is 0 Å². The van der Waals surface area contributed by atoms with E-state index >= 15 is 0 Å². The molecule has 10 heteroatoms. The summed E-state index contributed by atoms with van der Waals surface area (Å²) < 4.78 is 44.4. The van der Waals surface area contributed by atoms with Gasteiger partial charge >= 0.3 is 12.0 Å². The summed E-state index contributed by atoms with van der Waals surface area (Å²) in [5, 5.41) is 10.8. The number of rotatable bonds is 4. The lowest BCUT2D eigenvalue weighted by Crippen LogP contribution is -2.18. The molecule has 0 N–H and O–H groups in total. The molecule has 1 aromatic rings. The second-order valence-electron chi connectivity index (χ2n) is 2.90. The van der Waals surface area contributed by atoms with Gasteiger partial charge in [-0.2, -0.15) is 0 Å². The lowest BCUT2D eigenvalue weighted by atomic mass is 10.2. The summed E-state index contributed by atoms with van der Waals surface area (Å²) in [6.07, 6.45) is -4.33. The number of nitrogens with zero attached hydrogens (tertiary/aromatic N) is 2. The Hall–Kier alpha value is -1.77. The third-order valence-electron chi connectivity index (χ3n) is 1.82. The van der Waals surface area contributed by atoms with Gasteiger partial charge in [-0.25, -0.2) is 4.98 Å². The molecule has 1 rings (SSSR count). The first-order valence-corrected chi connectivity index (χ1v) is 4.85. The van der Waals surface area contributed by atoms with Crippen molar-refractivity contribution >= 4 is 17.3 Å². The number of nitro groups is 1. The number of halogens is 4. The molecule has 0 fully saturated rings.